The van der Waals surface area contributed by atoms with Crippen LogP contribution < -0.4 is 11.1 Å². The Balaban J connectivity index is 2.53. The Morgan fingerprint density at radius 3 is 2.83 bits per heavy atom. The van der Waals surface area contributed by atoms with Crippen LogP contribution in [0.15, 0.2) is 12.3 Å². The molecule has 0 unspecified atom stereocenters. The number of pyridine rings is 1. The Labute approximate surface area is 108 Å². The van der Waals surface area contributed by atoms with E-state index in [4.69, 9.17) is 5.73 Å². The summed E-state index contributed by atoms with van der Waals surface area (Å²) in [7, 11) is 2.03. The molecule has 100 valence electrons. The second-order valence-electron chi connectivity index (χ2n) is 4.73. The third-order valence-corrected chi connectivity index (χ3v) is 2.98. The fourth-order valence-electron chi connectivity index (χ4n) is 1.48. The first-order chi connectivity index (χ1) is 8.41. The lowest BCUT2D eigenvalue weighted by molar-refractivity contribution is 0.0947. The van der Waals surface area contributed by atoms with E-state index in [1.54, 1.807) is 19.2 Å². The van der Waals surface area contributed by atoms with Crippen molar-refractivity contribution in [2.75, 3.05) is 25.9 Å². The van der Waals surface area contributed by atoms with E-state index in [1.165, 1.54) is 0 Å². The van der Waals surface area contributed by atoms with Gasteiger partial charge in [-0.05, 0) is 33.9 Å². The van der Waals surface area contributed by atoms with E-state index in [0.717, 1.165) is 6.54 Å². The van der Waals surface area contributed by atoms with Gasteiger partial charge in [0.1, 0.15) is 0 Å². The van der Waals surface area contributed by atoms with Crippen LogP contribution in [0.3, 0.4) is 0 Å². The lowest BCUT2D eigenvalue weighted by Crippen LogP contribution is -2.36. The Kier molecular flexibility index (Phi) is 5.09. The molecule has 0 spiro atoms. The molecule has 0 aliphatic heterocycles. The van der Waals surface area contributed by atoms with E-state index < -0.39 is 0 Å². The molecule has 0 aliphatic carbocycles. The van der Waals surface area contributed by atoms with Crippen LogP contribution in [0.25, 0.3) is 0 Å². The highest BCUT2D eigenvalue weighted by Crippen LogP contribution is 2.09. The molecule has 5 heteroatoms. The minimum atomic E-state index is -0.121. The van der Waals surface area contributed by atoms with Crippen LogP contribution in [0.5, 0.6) is 0 Å². The minimum Gasteiger partial charge on any atom is -0.397 e. The van der Waals surface area contributed by atoms with E-state index in [-0.39, 0.29) is 5.91 Å². The van der Waals surface area contributed by atoms with Gasteiger partial charge in [0.15, 0.2) is 0 Å². The average Bonchev–Trinajstić information content (AvgIpc) is 2.31. The van der Waals surface area contributed by atoms with Crippen molar-refractivity contribution in [1.82, 2.24) is 15.2 Å². The zero-order valence-corrected chi connectivity index (χ0v) is 11.5. The Morgan fingerprint density at radius 1 is 1.56 bits per heavy atom. The summed E-state index contributed by atoms with van der Waals surface area (Å²) >= 11 is 0. The third kappa shape index (κ3) is 4.00. The second-order valence-corrected chi connectivity index (χ2v) is 4.73. The van der Waals surface area contributed by atoms with Gasteiger partial charge in [-0.15, -0.1) is 0 Å². The van der Waals surface area contributed by atoms with E-state index in [1.807, 2.05) is 7.05 Å². The number of carbonyl (C=O) groups is 1. The minimum absolute atomic E-state index is 0.121. The number of aryl methyl sites for hydroxylation is 1. The second kappa shape index (κ2) is 6.35. The summed E-state index contributed by atoms with van der Waals surface area (Å²) in [6, 6.07) is 2.13. The number of aromatic nitrogens is 1. The fourth-order valence-corrected chi connectivity index (χ4v) is 1.48. The third-order valence-electron chi connectivity index (χ3n) is 2.98. The van der Waals surface area contributed by atoms with E-state index in [2.05, 4.69) is 29.0 Å². The summed E-state index contributed by atoms with van der Waals surface area (Å²) < 4.78 is 0. The maximum atomic E-state index is 11.9. The molecule has 1 amide bonds. The molecule has 0 radical (unpaired) electrons. The SMILES string of the molecule is Cc1ncc(N)cc1C(=O)NCCN(C)C(C)C. The fraction of sp³-hybridized carbons (Fsp3) is 0.538. The molecule has 1 rings (SSSR count). The molecular weight excluding hydrogens is 228 g/mol. The predicted octanol–water partition coefficient (Wildman–Crippen LogP) is 1.04. The maximum absolute atomic E-state index is 11.9. The number of carbonyl (C=O) groups excluding carboxylic acids is 1. The van der Waals surface area contributed by atoms with Crippen molar-refractivity contribution >= 4 is 11.6 Å². The molecule has 0 fully saturated rings. The number of rotatable bonds is 5. The predicted molar refractivity (Wildman–Crippen MR) is 73.5 cm³/mol. The van der Waals surface area contributed by atoms with Gasteiger partial charge < -0.3 is 16.0 Å². The van der Waals surface area contributed by atoms with Crippen LogP contribution in [0.1, 0.15) is 29.9 Å². The monoisotopic (exact) mass is 250 g/mol. The van der Waals surface area contributed by atoms with Gasteiger partial charge in [0.25, 0.3) is 5.91 Å². The van der Waals surface area contributed by atoms with Crippen LogP contribution in [-0.4, -0.2) is 42.0 Å². The molecule has 0 saturated carbocycles. The van der Waals surface area contributed by atoms with Crippen molar-refractivity contribution < 1.29 is 4.79 Å². The number of nitrogens with one attached hydrogen (secondary N) is 1. The smallest absolute Gasteiger partial charge is 0.253 e. The van der Waals surface area contributed by atoms with Crippen LogP contribution in [0.2, 0.25) is 0 Å². The van der Waals surface area contributed by atoms with Crippen LogP contribution >= 0.6 is 0 Å². The van der Waals surface area contributed by atoms with Crippen molar-refractivity contribution in [1.29, 1.82) is 0 Å². The van der Waals surface area contributed by atoms with Crippen molar-refractivity contribution in [2.24, 2.45) is 0 Å². The van der Waals surface area contributed by atoms with Crippen LogP contribution in [0, 0.1) is 6.92 Å². The Hall–Kier alpha value is -1.62. The van der Waals surface area contributed by atoms with E-state index >= 15 is 0 Å². The number of hydrogen-bond donors (Lipinski definition) is 2. The molecule has 0 bridgehead atoms. The van der Waals surface area contributed by atoms with Crippen LogP contribution in [0.4, 0.5) is 5.69 Å². The lowest BCUT2D eigenvalue weighted by Gasteiger charge is -2.20. The summed E-state index contributed by atoms with van der Waals surface area (Å²) in [5.74, 6) is -0.121. The molecule has 0 aromatic carbocycles. The number of amides is 1. The summed E-state index contributed by atoms with van der Waals surface area (Å²) in [4.78, 5) is 18.2. The lowest BCUT2D eigenvalue weighted by atomic mass is 10.2. The molecule has 0 aliphatic rings. The van der Waals surface area contributed by atoms with Crippen molar-refractivity contribution in [3.8, 4) is 0 Å². The molecule has 18 heavy (non-hydrogen) atoms. The van der Waals surface area contributed by atoms with E-state index in [9.17, 15) is 4.79 Å². The number of anilines is 1. The van der Waals surface area contributed by atoms with Gasteiger partial charge in [-0.1, -0.05) is 0 Å². The number of hydrogen-bond acceptors (Lipinski definition) is 4. The van der Waals surface area contributed by atoms with E-state index in [0.29, 0.717) is 29.5 Å². The molecule has 1 aromatic rings. The summed E-state index contributed by atoms with van der Waals surface area (Å²) in [6.07, 6.45) is 1.55. The summed E-state index contributed by atoms with van der Waals surface area (Å²) in [5.41, 5.74) is 7.37. The summed E-state index contributed by atoms with van der Waals surface area (Å²) in [5, 5.41) is 2.88. The normalized spacial score (nSPS) is 11.0. The molecule has 1 heterocycles. The van der Waals surface area contributed by atoms with Gasteiger partial charge in [0, 0.05) is 19.1 Å². The van der Waals surface area contributed by atoms with Gasteiger partial charge in [-0.25, -0.2) is 0 Å². The largest absolute Gasteiger partial charge is 0.397 e. The molecule has 0 saturated heterocycles. The quantitative estimate of drug-likeness (QED) is 0.819. The molecular formula is C13H22N4O. The number of likely N-dealkylation sites (N-methyl/N-ethyl adjacent to an activating group) is 1. The highest BCUT2D eigenvalue weighted by Gasteiger charge is 2.10. The highest BCUT2D eigenvalue weighted by molar-refractivity contribution is 5.95. The van der Waals surface area contributed by atoms with Gasteiger partial charge in [-0.3, -0.25) is 9.78 Å². The molecule has 1 aromatic heterocycles. The molecule has 0 atom stereocenters. The number of nitrogens with zero attached hydrogens (tertiary/aromatic N) is 2. The van der Waals surface area contributed by atoms with Crippen LogP contribution in [-0.2, 0) is 0 Å². The van der Waals surface area contributed by atoms with Gasteiger partial charge >= 0.3 is 0 Å². The zero-order chi connectivity index (χ0) is 13.7. The standard InChI is InChI=1S/C13H22N4O/c1-9(2)17(4)6-5-15-13(18)12-7-11(14)8-16-10(12)3/h7-9H,5-6,14H2,1-4H3,(H,15,18). The Morgan fingerprint density at radius 2 is 2.22 bits per heavy atom. The van der Waals surface area contributed by atoms with Gasteiger partial charge in [-0.2, -0.15) is 0 Å². The van der Waals surface area contributed by atoms with Crippen molar-refractivity contribution in [3.63, 3.8) is 0 Å². The highest BCUT2D eigenvalue weighted by atomic mass is 16.1. The maximum Gasteiger partial charge on any atom is 0.253 e. The molecule has 3 N–H and O–H groups in total. The molecule has 5 nitrogen and oxygen atoms in total. The first kappa shape index (κ1) is 14.4. The van der Waals surface area contributed by atoms with Gasteiger partial charge in [0.2, 0.25) is 0 Å². The van der Waals surface area contributed by atoms with Crippen molar-refractivity contribution in [3.05, 3.63) is 23.5 Å². The summed E-state index contributed by atoms with van der Waals surface area (Å²) in [6.45, 7) is 7.47. The van der Waals surface area contributed by atoms with Crippen molar-refractivity contribution in [2.45, 2.75) is 26.8 Å². The topological polar surface area (TPSA) is 71.2 Å². The number of nitrogen functional groups attached to an aromatic ring is 1. The first-order valence-electron chi connectivity index (χ1n) is 6.12. The van der Waals surface area contributed by atoms with Gasteiger partial charge in [0.05, 0.1) is 23.1 Å². The first-order valence-corrected chi connectivity index (χ1v) is 6.12. The number of nitrogens with two attached hydrogens (primary N) is 1. The zero-order valence-electron chi connectivity index (χ0n) is 11.5. The Bertz CT molecular complexity index is 417. The average molecular weight is 250 g/mol.